The molecule has 1 N–H and O–H groups in total. The highest BCUT2D eigenvalue weighted by Gasteiger charge is 2.22. The number of benzene rings is 2. The summed E-state index contributed by atoms with van der Waals surface area (Å²) in [5.74, 6) is -0.324. The molecule has 0 saturated carbocycles. The number of sulfonamides is 1. The summed E-state index contributed by atoms with van der Waals surface area (Å²) < 4.78 is 25.5. The minimum Gasteiger partial charge on any atom is -0.348 e. The number of rotatable bonds is 7. The van der Waals surface area contributed by atoms with E-state index in [2.05, 4.69) is 38.2 Å². The molecule has 0 aliphatic carbocycles. The number of nitrogens with zero attached hydrogens (tertiary/aromatic N) is 1. The Balaban J connectivity index is 2.04. The molecular formula is C23H32N2O3S. The highest BCUT2D eigenvalue weighted by molar-refractivity contribution is 7.88. The first-order valence-corrected chi connectivity index (χ1v) is 11.6. The molecule has 0 aromatic heterocycles. The van der Waals surface area contributed by atoms with Crippen molar-refractivity contribution in [3.63, 3.8) is 0 Å². The summed E-state index contributed by atoms with van der Waals surface area (Å²) in [5, 5.41) is 2.91. The van der Waals surface area contributed by atoms with Crippen LogP contribution in [0.15, 0.2) is 48.5 Å². The zero-order chi connectivity index (χ0) is 21.8. The zero-order valence-corrected chi connectivity index (χ0v) is 19.0. The molecule has 0 radical (unpaired) electrons. The maximum Gasteiger partial charge on any atom is 0.235 e. The number of aryl methyl sites for hydroxylation is 1. The van der Waals surface area contributed by atoms with Gasteiger partial charge in [-0.1, -0.05) is 74.9 Å². The maximum atomic E-state index is 12.5. The van der Waals surface area contributed by atoms with E-state index in [9.17, 15) is 13.2 Å². The van der Waals surface area contributed by atoms with Crippen LogP contribution in [0.25, 0.3) is 0 Å². The largest absolute Gasteiger partial charge is 0.348 e. The molecular weight excluding hydrogens is 384 g/mol. The van der Waals surface area contributed by atoms with E-state index in [1.54, 1.807) is 0 Å². The van der Waals surface area contributed by atoms with Gasteiger partial charge in [-0.15, -0.1) is 0 Å². The molecule has 1 atom stereocenters. The molecule has 29 heavy (non-hydrogen) atoms. The molecule has 0 aliphatic heterocycles. The van der Waals surface area contributed by atoms with Crippen LogP contribution in [-0.2, 0) is 26.8 Å². The Bertz CT molecular complexity index is 928. The van der Waals surface area contributed by atoms with E-state index < -0.39 is 10.0 Å². The smallest absolute Gasteiger partial charge is 0.235 e. The van der Waals surface area contributed by atoms with E-state index in [4.69, 9.17) is 0 Å². The molecule has 158 valence electrons. The Kier molecular flexibility index (Phi) is 7.25. The Hall–Kier alpha value is -2.18. The fourth-order valence-electron chi connectivity index (χ4n) is 2.99. The molecule has 0 fully saturated rings. The van der Waals surface area contributed by atoms with Gasteiger partial charge in [0.2, 0.25) is 15.9 Å². The highest BCUT2D eigenvalue weighted by Crippen LogP contribution is 2.24. The van der Waals surface area contributed by atoms with Crippen molar-refractivity contribution in [1.29, 1.82) is 0 Å². The molecule has 0 heterocycles. The molecule has 1 unspecified atom stereocenters. The third kappa shape index (κ3) is 6.98. The molecule has 0 spiro atoms. The summed E-state index contributed by atoms with van der Waals surface area (Å²) in [6, 6.07) is 15.6. The quantitative estimate of drug-likeness (QED) is 0.744. The SMILES string of the molecule is Cc1ccc(CN(CC(=O)NC(C)c2ccc(C(C)(C)C)cc2)S(C)(=O)=O)cc1. The molecule has 6 heteroatoms. The van der Waals surface area contributed by atoms with Gasteiger partial charge in [-0.3, -0.25) is 4.79 Å². The van der Waals surface area contributed by atoms with Crippen molar-refractivity contribution >= 4 is 15.9 Å². The normalized spacial score (nSPS) is 13.3. The lowest BCUT2D eigenvalue weighted by Gasteiger charge is -2.22. The third-order valence-corrected chi connectivity index (χ3v) is 6.12. The summed E-state index contributed by atoms with van der Waals surface area (Å²) in [6.07, 6.45) is 1.13. The molecule has 0 bridgehead atoms. The van der Waals surface area contributed by atoms with Gasteiger partial charge in [0.1, 0.15) is 0 Å². The van der Waals surface area contributed by atoms with E-state index in [0.29, 0.717) is 0 Å². The van der Waals surface area contributed by atoms with Crippen LogP contribution in [0, 0.1) is 6.92 Å². The lowest BCUT2D eigenvalue weighted by Crippen LogP contribution is -2.40. The van der Waals surface area contributed by atoms with Crippen LogP contribution in [-0.4, -0.2) is 31.4 Å². The first-order valence-electron chi connectivity index (χ1n) is 9.77. The van der Waals surface area contributed by atoms with Crippen LogP contribution < -0.4 is 5.32 Å². The van der Waals surface area contributed by atoms with Crippen LogP contribution in [0.1, 0.15) is 56.0 Å². The van der Waals surface area contributed by atoms with Crippen LogP contribution >= 0.6 is 0 Å². The number of nitrogens with one attached hydrogen (secondary N) is 1. The second-order valence-electron chi connectivity index (χ2n) is 8.68. The van der Waals surface area contributed by atoms with Gasteiger partial charge in [0, 0.05) is 6.54 Å². The fraction of sp³-hybridized carbons (Fsp3) is 0.435. The van der Waals surface area contributed by atoms with Crippen molar-refractivity contribution in [3.05, 3.63) is 70.8 Å². The minimum atomic E-state index is -3.52. The Morgan fingerprint density at radius 1 is 1.03 bits per heavy atom. The summed E-state index contributed by atoms with van der Waals surface area (Å²) in [4.78, 5) is 12.5. The van der Waals surface area contributed by atoms with Crippen molar-refractivity contribution in [3.8, 4) is 0 Å². The molecule has 0 saturated heterocycles. The van der Waals surface area contributed by atoms with E-state index in [0.717, 1.165) is 22.9 Å². The average Bonchev–Trinajstić information content (AvgIpc) is 2.61. The van der Waals surface area contributed by atoms with Gasteiger partial charge >= 0.3 is 0 Å². The fourth-order valence-corrected chi connectivity index (χ4v) is 3.73. The number of carbonyl (C=O) groups excluding carboxylic acids is 1. The molecule has 0 aliphatic rings. The Morgan fingerprint density at radius 3 is 2.07 bits per heavy atom. The van der Waals surface area contributed by atoms with Crippen LogP contribution in [0.4, 0.5) is 0 Å². The summed E-state index contributed by atoms with van der Waals surface area (Å²) in [5.41, 5.74) is 4.22. The second-order valence-corrected chi connectivity index (χ2v) is 10.7. The van der Waals surface area contributed by atoms with Crippen LogP contribution in [0.5, 0.6) is 0 Å². The average molecular weight is 417 g/mol. The topological polar surface area (TPSA) is 66.5 Å². The zero-order valence-electron chi connectivity index (χ0n) is 18.2. The van der Waals surface area contributed by atoms with Crippen molar-refractivity contribution in [2.45, 2.75) is 52.6 Å². The summed E-state index contributed by atoms with van der Waals surface area (Å²) in [7, 11) is -3.52. The number of amides is 1. The standard InChI is InChI=1S/C23H32N2O3S/c1-17-7-9-19(10-8-17)15-25(29(6,27)28)16-22(26)24-18(2)20-11-13-21(14-12-20)23(3,4)5/h7-14,18H,15-16H2,1-6H3,(H,24,26). The summed E-state index contributed by atoms with van der Waals surface area (Å²) >= 11 is 0. The number of carbonyl (C=O) groups is 1. The molecule has 2 aromatic rings. The predicted molar refractivity (Wildman–Crippen MR) is 118 cm³/mol. The monoisotopic (exact) mass is 416 g/mol. The maximum absolute atomic E-state index is 12.5. The van der Waals surface area contributed by atoms with E-state index in [1.165, 1.54) is 9.87 Å². The van der Waals surface area contributed by atoms with E-state index in [1.807, 2.05) is 50.2 Å². The van der Waals surface area contributed by atoms with Gasteiger partial charge in [0.25, 0.3) is 0 Å². The van der Waals surface area contributed by atoms with Crippen molar-refractivity contribution in [2.75, 3.05) is 12.8 Å². The van der Waals surface area contributed by atoms with Crippen molar-refractivity contribution in [2.24, 2.45) is 0 Å². The Labute approximate surface area is 175 Å². The summed E-state index contributed by atoms with van der Waals surface area (Å²) in [6.45, 7) is 10.3. The molecule has 5 nitrogen and oxygen atoms in total. The van der Waals surface area contributed by atoms with Crippen LogP contribution in [0.3, 0.4) is 0 Å². The highest BCUT2D eigenvalue weighted by atomic mass is 32.2. The van der Waals surface area contributed by atoms with Gasteiger partial charge in [-0.25, -0.2) is 8.42 Å². The van der Waals surface area contributed by atoms with Crippen molar-refractivity contribution < 1.29 is 13.2 Å². The second kappa shape index (κ2) is 9.09. The van der Waals surface area contributed by atoms with E-state index >= 15 is 0 Å². The third-order valence-electron chi connectivity index (χ3n) is 4.92. The lowest BCUT2D eigenvalue weighted by atomic mass is 9.86. The molecule has 1 amide bonds. The van der Waals surface area contributed by atoms with Gasteiger partial charge in [-0.2, -0.15) is 4.31 Å². The number of hydrogen-bond donors (Lipinski definition) is 1. The lowest BCUT2D eigenvalue weighted by molar-refractivity contribution is -0.122. The molecule has 2 aromatic carbocycles. The first-order chi connectivity index (χ1) is 13.4. The van der Waals surface area contributed by atoms with Gasteiger partial charge in [-0.05, 0) is 36.0 Å². The van der Waals surface area contributed by atoms with E-state index in [-0.39, 0.29) is 30.5 Å². The Morgan fingerprint density at radius 2 is 1.59 bits per heavy atom. The van der Waals surface area contributed by atoms with Gasteiger partial charge in [0.05, 0.1) is 18.8 Å². The van der Waals surface area contributed by atoms with Gasteiger partial charge < -0.3 is 5.32 Å². The predicted octanol–water partition coefficient (Wildman–Crippen LogP) is 3.93. The van der Waals surface area contributed by atoms with Crippen molar-refractivity contribution in [1.82, 2.24) is 9.62 Å². The number of hydrogen-bond acceptors (Lipinski definition) is 3. The van der Waals surface area contributed by atoms with Crippen LogP contribution in [0.2, 0.25) is 0 Å². The van der Waals surface area contributed by atoms with Gasteiger partial charge in [0.15, 0.2) is 0 Å². The first kappa shape index (κ1) is 23.1. The minimum absolute atomic E-state index is 0.0664. The molecule has 2 rings (SSSR count).